The summed E-state index contributed by atoms with van der Waals surface area (Å²) in [4.78, 5) is 26.8. The van der Waals surface area contributed by atoms with Gasteiger partial charge in [-0.2, -0.15) is 0 Å². The fourth-order valence-electron chi connectivity index (χ4n) is 3.39. The first-order valence-corrected chi connectivity index (χ1v) is 9.92. The van der Waals surface area contributed by atoms with Crippen LogP contribution in [0.15, 0.2) is 42.5 Å². The van der Waals surface area contributed by atoms with E-state index >= 15 is 0 Å². The van der Waals surface area contributed by atoms with Gasteiger partial charge in [0.25, 0.3) is 5.91 Å². The second kappa shape index (κ2) is 8.91. The Hall–Kier alpha value is -2.82. The van der Waals surface area contributed by atoms with Crippen molar-refractivity contribution in [1.29, 1.82) is 0 Å². The summed E-state index contributed by atoms with van der Waals surface area (Å²) >= 11 is 0. The average molecular weight is 380 g/mol. The molecule has 1 aliphatic rings. The topological polar surface area (TPSA) is 61.4 Å². The van der Waals surface area contributed by atoms with Crippen LogP contribution in [-0.4, -0.2) is 29.9 Å². The zero-order valence-corrected chi connectivity index (χ0v) is 16.9. The second-order valence-corrected chi connectivity index (χ2v) is 7.80. The van der Waals surface area contributed by atoms with Crippen molar-refractivity contribution in [2.75, 3.05) is 18.4 Å². The predicted octanol–water partition coefficient (Wildman–Crippen LogP) is 4.50. The van der Waals surface area contributed by atoms with Crippen molar-refractivity contribution in [2.45, 2.75) is 40.2 Å². The number of piperidine rings is 1. The average Bonchev–Trinajstić information content (AvgIpc) is 2.69. The molecule has 0 radical (unpaired) electrons. The van der Waals surface area contributed by atoms with E-state index in [-0.39, 0.29) is 11.9 Å². The molecule has 0 saturated carbocycles. The maximum absolute atomic E-state index is 12.7. The number of urea groups is 1. The number of amides is 3. The van der Waals surface area contributed by atoms with Crippen molar-refractivity contribution in [1.82, 2.24) is 10.2 Å². The highest BCUT2D eigenvalue weighted by Gasteiger charge is 2.21. The van der Waals surface area contributed by atoms with Gasteiger partial charge in [0.05, 0.1) is 0 Å². The molecule has 0 spiro atoms. The van der Waals surface area contributed by atoms with Crippen molar-refractivity contribution in [3.8, 4) is 0 Å². The smallest absolute Gasteiger partial charge is 0.319 e. The normalized spacial score (nSPS) is 14.6. The first kappa shape index (κ1) is 19.9. The zero-order chi connectivity index (χ0) is 20.1. The van der Waals surface area contributed by atoms with Gasteiger partial charge in [-0.3, -0.25) is 4.79 Å². The van der Waals surface area contributed by atoms with E-state index in [4.69, 9.17) is 0 Å². The largest absolute Gasteiger partial charge is 0.339 e. The van der Waals surface area contributed by atoms with Gasteiger partial charge in [-0.1, -0.05) is 36.8 Å². The Balaban J connectivity index is 1.56. The van der Waals surface area contributed by atoms with Gasteiger partial charge >= 0.3 is 6.03 Å². The molecule has 5 nitrogen and oxygen atoms in total. The van der Waals surface area contributed by atoms with Gasteiger partial charge in [-0.25, -0.2) is 4.79 Å². The maximum atomic E-state index is 12.7. The molecular weight excluding hydrogens is 350 g/mol. The number of likely N-dealkylation sites (tertiary alicyclic amines) is 1. The van der Waals surface area contributed by atoms with Crippen LogP contribution in [-0.2, 0) is 6.54 Å². The summed E-state index contributed by atoms with van der Waals surface area (Å²) in [5.74, 6) is 0.765. The minimum absolute atomic E-state index is 0.0744. The minimum atomic E-state index is -0.257. The lowest BCUT2D eigenvalue weighted by atomic mass is 9.98. The van der Waals surface area contributed by atoms with Crippen LogP contribution in [0.25, 0.3) is 0 Å². The number of carbonyl (C=O) groups is 2. The molecular formula is C23H29N3O2. The quantitative estimate of drug-likeness (QED) is 0.822. The molecule has 0 aromatic heterocycles. The number of anilines is 1. The number of aryl methyl sites for hydroxylation is 2. The molecule has 1 aliphatic heterocycles. The summed E-state index contributed by atoms with van der Waals surface area (Å²) < 4.78 is 0. The van der Waals surface area contributed by atoms with E-state index in [9.17, 15) is 9.59 Å². The van der Waals surface area contributed by atoms with Gasteiger partial charge in [-0.05, 0) is 61.9 Å². The van der Waals surface area contributed by atoms with Gasteiger partial charge in [0.2, 0.25) is 0 Å². The maximum Gasteiger partial charge on any atom is 0.319 e. The summed E-state index contributed by atoms with van der Waals surface area (Å²) in [5, 5.41) is 5.73. The Morgan fingerprint density at radius 3 is 2.36 bits per heavy atom. The number of hydrogen-bond donors (Lipinski definition) is 2. The van der Waals surface area contributed by atoms with Crippen molar-refractivity contribution < 1.29 is 9.59 Å². The molecule has 28 heavy (non-hydrogen) atoms. The number of nitrogens with one attached hydrogen (secondary N) is 2. The molecule has 0 aliphatic carbocycles. The van der Waals surface area contributed by atoms with Crippen LogP contribution >= 0.6 is 0 Å². The third kappa shape index (κ3) is 5.12. The lowest BCUT2D eigenvalue weighted by molar-refractivity contribution is 0.0697. The summed E-state index contributed by atoms with van der Waals surface area (Å²) in [5.41, 5.74) is 4.51. The fraction of sp³-hybridized carbons (Fsp3) is 0.391. The Morgan fingerprint density at radius 2 is 1.71 bits per heavy atom. The Bertz CT molecular complexity index is 837. The lowest BCUT2D eigenvalue weighted by Gasteiger charge is -2.30. The highest BCUT2D eigenvalue weighted by molar-refractivity contribution is 5.96. The zero-order valence-electron chi connectivity index (χ0n) is 16.9. The molecule has 0 bridgehead atoms. The SMILES string of the molecule is Cc1ccc(CNC(=O)Nc2ccc(C(=O)N3CCC(C)CC3)cc2C)cc1. The molecule has 1 saturated heterocycles. The van der Waals surface area contributed by atoms with Crippen LogP contribution in [0.2, 0.25) is 0 Å². The van der Waals surface area contributed by atoms with Crippen LogP contribution in [0.3, 0.4) is 0 Å². The Labute approximate surface area is 167 Å². The molecule has 2 aromatic rings. The highest BCUT2D eigenvalue weighted by atomic mass is 16.2. The van der Waals surface area contributed by atoms with Crippen LogP contribution in [0.5, 0.6) is 0 Å². The number of benzene rings is 2. The first-order valence-electron chi connectivity index (χ1n) is 9.92. The first-order chi connectivity index (χ1) is 13.4. The molecule has 1 heterocycles. The van der Waals surface area contributed by atoms with E-state index in [0.29, 0.717) is 23.7 Å². The lowest BCUT2D eigenvalue weighted by Crippen LogP contribution is -2.37. The van der Waals surface area contributed by atoms with Crippen LogP contribution in [0.1, 0.15) is 46.8 Å². The minimum Gasteiger partial charge on any atom is -0.339 e. The molecule has 2 N–H and O–H groups in total. The third-order valence-electron chi connectivity index (χ3n) is 5.37. The summed E-state index contributed by atoms with van der Waals surface area (Å²) in [7, 11) is 0. The molecule has 3 amide bonds. The summed E-state index contributed by atoms with van der Waals surface area (Å²) in [6, 6.07) is 13.3. The molecule has 148 valence electrons. The molecule has 5 heteroatoms. The van der Waals surface area contributed by atoms with E-state index in [1.807, 2.05) is 49.1 Å². The number of rotatable bonds is 4. The number of carbonyl (C=O) groups excluding carboxylic acids is 2. The summed E-state index contributed by atoms with van der Waals surface area (Å²) in [6.45, 7) is 8.28. The van der Waals surface area contributed by atoms with Gasteiger partial charge in [0.15, 0.2) is 0 Å². The van der Waals surface area contributed by atoms with Crippen molar-refractivity contribution >= 4 is 17.6 Å². The van der Waals surface area contributed by atoms with E-state index in [2.05, 4.69) is 17.6 Å². The van der Waals surface area contributed by atoms with E-state index < -0.39 is 0 Å². The standard InChI is InChI=1S/C23H29N3O2/c1-16-4-6-19(7-5-16)15-24-23(28)25-21-9-8-20(14-18(21)3)22(27)26-12-10-17(2)11-13-26/h4-9,14,17H,10-13,15H2,1-3H3,(H2,24,25,28). The van der Waals surface area contributed by atoms with E-state index in [0.717, 1.165) is 37.1 Å². The van der Waals surface area contributed by atoms with E-state index in [1.165, 1.54) is 5.56 Å². The van der Waals surface area contributed by atoms with Crippen LogP contribution < -0.4 is 10.6 Å². The van der Waals surface area contributed by atoms with Gasteiger partial charge in [-0.15, -0.1) is 0 Å². The Kier molecular flexibility index (Phi) is 6.34. The monoisotopic (exact) mass is 379 g/mol. The van der Waals surface area contributed by atoms with Crippen LogP contribution in [0.4, 0.5) is 10.5 Å². The van der Waals surface area contributed by atoms with Gasteiger partial charge < -0.3 is 15.5 Å². The van der Waals surface area contributed by atoms with Crippen LogP contribution in [0, 0.1) is 19.8 Å². The van der Waals surface area contributed by atoms with Crippen molar-refractivity contribution in [3.63, 3.8) is 0 Å². The molecule has 0 atom stereocenters. The third-order valence-corrected chi connectivity index (χ3v) is 5.37. The van der Waals surface area contributed by atoms with Crippen molar-refractivity contribution in [3.05, 3.63) is 64.7 Å². The molecule has 0 unspecified atom stereocenters. The second-order valence-electron chi connectivity index (χ2n) is 7.80. The molecule has 3 rings (SSSR count). The summed E-state index contributed by atoms with van der Waals surface area (Å²) in [6.07, 6.45) is 2.12. The van der Waals surface area contributed by atoms with E-state index in [1.54, 1.807) is 12.1 Å². The Morgan fingerprint density at radius 1 is 1.04 bits per heavy atom. The fourth-order valence-corrected chi connectivity index (χ4v) is 3.39. The van der Waals surface area contributed by atoms with Gasteiger partial charge in [0, 0.05) is 30.9 Å². The molecule has 1 fully saturated rings. The van der Waals surface area contributed by atoms with Crippen molar-refractivity contribution in [2.24, 2.45) is 5.92 Å². The molecule has 2 aromatic carbocycles. The number of hydrogen-bond acceptors (Lipinski definition) is 2. The predicted molar refractivity (Wildman–Crippen MR) is 113 cm³/mol. The van der Waals surface area contributed by atoms with Gasteiger partial charge in [0.1, 0.15) is 0 Å². The highest BCUT2D eigenvalue weighted by Crippen LogP contribution is 2.21. The number of nitrogens with zero attached hydrogens (tertiary/aromatic N) is 1.